The predicted octanol–water partition coefficient (Wildman–Crippen LogP) is 7.99. The van der Waals surface area contributed by atoms with Crippen molar-refractivity contribution in [3.8, 4) is 6.01 Å². The van der Waals surface area contributed by atoms with Crippen molar-refractivity contribution in [1.82, 2.24) is 19.5 Å². The molecule has 3 fully saturated rings. The van der Waals surface area contributed by atoms with Crippen LogP contribution in [0, 0.1) is 0 Å². The van der Waals surface area contributed by atoms with E-state index >= 15 is 0 Å². The average molecular weight is 1020 g/mol. The maximum atomic E-state index is 12.6. The van der Waals surface area contributed by atoms with Crippen molar-refractivity contribution in [1.29, 1.82) is 0 Å². The lowest BCUT2D eigenvalue weighted by molar-refractivity contribution is -0.354. The lowest BCUT2D eigenvalue weighted by Crippen LogP contribution is -2.66. The van der Waals surface area contributed by atoms with Crippen LogP contribution in [0.2, 0.25) is 18.1 Å². The number of carbonyl (C=O) groups excluding carboxylic acids is 1. The second-order valence-corrected chi connectivity index (χ2v) is 25.4. The number of aliphatic hydroxyl groups excluding tert-OH is 3. The van der Waals surface area contributed by atoms with Crippen molar-refractivity contribution in [3.63, 3.8) is 0 Å². The number of hydrogen-bond donors (Lipinski definition) is 4. The number of nitrogens with one attached hydrogen (secondary N) is 1. The van der Waals surface area contributed by atoms with Gasteiger partial charge in [-0.1, -0.05) is 172 Å². The Balaban J connectivity index is 1.14. The zero-order valence-electron chi connectivity index (χ0n) is 42.2. The molecule has 4 N–H and O–H groups in total. The first kappa shape index (κ1) is 51.3. The molecule has 11 atom stereocenters. The molecule has 3 aliphatic heterocycles. The minimum absolute atomic E-state index is 0.102. The first-order valence-electron chi connectivity index (χ1n) is 25.0. The number of rotatable bonds is 16. The molecule has 16 nitrogen and oxygen atoms in total. The monoisotopic (exact) mass is 1020 g/mol. The van der Waals surface area contributed by atoms with E-state index in [9.17, 15) is 20.1 Å². The highest BCUT2D eigenvalue weighted by atomic mass is 28.4. The van der Waals surface area contributed by atoms with Crippen LogP contribution in [0.25, 0.3) is 11.2 Å². The minimum atomic E-state index is -2.65. The normalized spacial score (nSPS) is 25.8. The Kier molecular flexibility index (Phi) is 14.7. The van der Waals surface area contributed by atoms with E-state index in [1.165, 1.54) is 17.8 Å². The molecule has 0 amide bonds. The lowest BCUT2D eigenvalue weighted by atomic mass is 9.77. The van der Waals surface area contributed by atoms with Crippen molar-refractivity contribution < 1.29 is 53.0 Å². The largest absolute Gasteiger partial charge is 0.432 e. The molecule has 74 heavy (non-hydrogen) atoms. The molecule has 3 aliphatic rings. The molecule has 0 radical (unpaired) electrons. The summed E-state index contributed by atoms with van der Waals surface area (Å²) in [6.45, 7) is 12.2. The molecule has 10 rings (SSSR count). The number of anilines is 1. The van der Waals surface area contributed by atoms with Gasteiger partial charge in [0.05, 0.1) is 13.2 Å². The van der Waals surface area contributed by atoms with E-state index in [1.807, 2.05) is 152 Å². The molecule has 5 heterocycles. The number of ether oxygens (including phenoxy) is 6. The van der Waals surface area contributed by atoms with Gasteiger partial charge >= 0.3 is 6.01 Å². The number of nitrogens with zero attached hydrogens (tertiary/aromatic N) is 4. The Morgan fingerprint density at radius 2 is 1.34 bits per heavy atom. The van der Waals surface area contributed by atoms with E-state index in [0.29, 0.717) is 0 Å². The molecule has 2 aromatic heterocycles. The zero-order chi connectivity index (χ0) is 51.8. The summed E-state index contributed by atoms with van der Waals surface area (Å²) in [7, 11) is -2.65. The Labute approximate surface area is 431 Å². The molecular formula is C57H63N5O11Si. The third-order valence-corrected chi connectivity index (χ3v) is 19.2. The molecule has 0 bridgehead atoms. The molecular weight excluding hydrogens is 959 g/mol. The zero-order valence-corrected chi connectivity index (χ0v) is 43.2. The van der Waals surface area contributed by atoms with E-state index in [-0.39, 0.29) is 41.2 Å². The van der Waals surface area contributed by atoms with Gasteiger partial charge in [0.15, 0.2) is 43.6 Å². The number of benzene rings is 5. The fourth-order valence-corrected chi connectivity index (χ4v) is 11.1. The third kappa shape index (κ3) is 9.92. The second kappa shape index (κ2) is 21.2. The van der Waals surface area contributed by atoms with Gasteiger partial charge in [-0.3, -0.25) is 4.79 Å². The molecule has 5 aromatic carbocycles. The van der Waals surface area contributed by atoms with Gasteiger partial charge in [-0.25, -0.2) is 14.5 Å². The summed E-state index contributed by atoms with van der Waals surface area (Å²) < 4.78 is 49.3. The van der Waals surface area contributed by atoms with Crippen LogP contribution in [-0.2, 0) is 45.1 Å². The molecule has 0 aliphatic carbocycles. The number of carbonyl (C=O) groups is 1. The number of Topliss-reactive ketones (excluding diaryl/α,β-unsaturated/α-hetero) is 1. The Morgan fingerprint density at radius 3 is 1.91 bits per heavy atom. The Morgan fingerprint density at radius 1 is 0.770 bits per heavy atom. The highest BCUT2D eigenvalue weighted by Crippen LogP contribution is 2.46. The summed E-state index contributed by atoms with van der Waals surface area (Å²) in [4.78, 5) is 27.3. The van der Waals surface area contributed by atoms with Gasteiger partial charge in [0, 0.05) is 5.56 Å². The smallest absolute Gasteiger partial charge is 0.303 e. The summed E-state index contributed by atoms with van der Waals surface area (Å²) in [5.41, 5.74) is 3.63. The average Bonchev–Trinajstić information content (AvgIpc) is 3.92. The number of fused-ring (bicyclic) bond motifs is 2. The summed E-state index contributed by atoms with van der Waals surface area (Å²) in [6.07, 6.45) is -12.1. The van der Waals surface area contributed by atoms with Gasteiger partial charge in [-0.2, -0.15) is 4.98 Å². The topological polar surface area (TPSA) is 198 Å². The molecule has 7 aromatic rings. The highest BCUT2D eigenvalue weighted by Gasteiger charge is 2.56. The number of imidazole rings is 1. The summed E-state index contributed by atoms with van der Waals surface area (Å²) in [6, 6.07) is 49.2. The number of aromatic nitrogens is 4. The van der Waals surface area contributed by atoms with Gasteiger partial charge in [0.25, 0.3) is 0 Å². The highest BCUT2D eigenvalue weighted by molar-refractivity contribution is 6.74. The molecule has 2 unspecified atom stereocenters. The van der Waals surface area contributed by atoms with Crippen LogP contribution in [0.1, 0.15) is 68.0 Å². The minimum Gasteiger partial charge on any atom is -0.432 e. The van der Waals surface area contributed by atoms with Crippen molar-refractivity contribution in [2.75, 3.05) is 11.9 Å². The molecule has 0 spiro atoms. The van der Waals surface area contributed by atoms with Crippen LogP contribution in [0.3, 0.4) is 0 Å². The lowest BCUT2D eigenvalue weighted by Gasteiger charge is -2.51. The number of ketones is 1. The van der Waals surface area contributed by atoms with Crippen molar-refractivity contribution in [2.45, 2.75) is 126 Å². The molecule has 17 heteroatoms. The Hall–Kier alpha value is -6.22. The molecule has 386 valence electrons. The van der Waals surface area contributed by atoms with E-state index in [0.717, 1.165) is 27.8 Å². The standard InChI is InChI=1S/C57H63N5O11Si/c1-35(63)43(64)47-44(65)45(66)52(70-47)62-51-42(50(58-34-59-51)61-57(38-26-16-9-17-27-38,39-28-18-10-19-29-39)40-30-20-11-21-31-40)60-55(62)72-54-49(67-32-36-22-12-7-13-23-36)48(73-74(5,6)56(2,3)4)46-41(69-54)33-68-53(71-46)37-24-14-8-15-25-37/h7-31,34,41,43-49,52-54,64-66H,32-33H2,1-6H3,(H,58,59,61)/t41-,43?,44+,45-,46-,47-,48+,49+,52-,53?,54-/m1/s1. The number of hydrogen-bond acceptors (Lipinski definition) is 15. The van der Waals surface area contributed by atoms with Crippen LogP contribution >= 0.6 is 0 Å². The first-order valence-corrected chi connectivity index (χ1v) is 27.9. The van der Waals surface area contributed by atoms with E-state index in [2.05, 4.69) is 39.2 Å². The maximum absolute atomic E-state index is 12.6. The first-order chi connectivity index (χ1) is 35.6. The summed E-state index contributed by atoms with van der Waals surface area (Å²) in [5, 5.41) is 38.0. The van der Waals surface area contributed by atoms with Crippen LogP contribution in [0.15, 0.2) is 158 Å². The van der Waals surface area contributed by atoms with Crippen LogP contribution in [0.4, 0.5) is 5.82 Å². The second-order valence-electron chi connectivity index (χ2n) is 20.6. The molecule has 0 saturated carbocycles. The van der Waals surface area contributed by atoms with Gasteiger partial charge < -0.3 is 53.5 Å². The van der Waals surface area contributed by atoms with Gasteiger partial charge in [-0.05, 0) is 47.3 Å². The van der Waals surface area contributed by atoms with Crippen molar-refractivity contribution >= 4 is 31.1 Å². The van der Waals surface area contributed by atoms with Crippen LogP contribution in [0.5, 0.6) is 6.01 Å². The van der Waals surface area contributed by atoms with Gasteiger partial charge in [0.2, 0.25) is 6.29 Å². The summed E-state index contributed by atoms with van der Waals surface area (Å²) >= 11 is 0. The summed E-state index contributed by atoms with van der Waals surface area (Å²) in [5.74, 6) is -0.394. The fourth-order valence-electron chi connectivity index (χ4n) is 9.76. The van der Waals surface area contributed by atoms with E-state index in [4.69, 9.17) is 47.8 Å². The quantitative estimate of drug-likeness (QED) is 0.0536. The predicted molar refractivity (Wildman–Crippen MR) is 277 cm³/mol. The van der Waals surface area contributed by atoms with Crippen LogP contribution in [-0.4, -0.2) is 111 Å². The van der Waals surface area contributed by atoms with Gasteiger partial charge in [0.1, 0.15) is 60.7 Å². The van der Waals surface area contributed by atoms with Crippen molar-refractivity contribution in [3.05, 3.63) is 186 Å². The van der Waals surface area contributed by atoms with Gasteiger partial charge in [-0.15, -0.1) is 0 Å². The van der Waals surface area contributed by atoms with E-state index in [1.54, 1.807) is 0 Å². The fraction of sp³-hybridized carbons (Fsp3) is 0.368. The number of aliphatic hydroxyl groups is 3. The SMILES string of the molecule is CC(=O)C(O)[C@H]1O[C@@H](n2c(O[C@H]3O[C@@H]4COC(c5ccccc5)O[C@H]4[C@H](O[Si](C)(C)C(C)(C)C)[C@@H]3OCc3ccccc3)nc3c(NC(c4ccccc4)(c4ccccc4)c4ccccc4)ncnc32)[C@H](O)[C@@H]1O. The van der Waals surface area contributed by atoms with Crippen molar-refractivity contribution in [2.24, 2.45) is 0 Å². The van der Waals surface area contributed by atoms with Crippen LogP contribution < -0.4 is 10.1 Å². The maximum Gasteiger partial charge on any atom is 0.303 e. The Bertz CT molecular complexity index is 2890. The third-order valence-electron chi connectivity index (χ3n) is 14.7. The molecule has 3 saturated heterocycles. The van der Waals surface area contributed by atoms with E-state index < -0.39 is 87.3 Å².